The lowest BCUT2D eigenvalue weighted by atomic mass is 9.95. The minimum atomic E-state index is -1.10. The van der Waals surface area contributed by atoms with Gasteiger partial charge in [-0.3, -0.25) is 10.1 Å². The average molecular weight is 366 g/mol. The molecule has 4 nitrogen and oxygen atoms in total. The van der Waals surface area contributed by atoms with Crippen molar-refractivity contribution < 1.29 is 10.0 Å². The van der Waals surface area contributed by atoms with Gasteiger partial charge >= 0.3 is 0 Å². The number of benzene rings is 2. The number of rotatable bonds is 2. The predicted octanol–water partition coefficient (Wildman–Crippen LogP) is 3.97. The van der Waals surface area contributed by atoms with Crippen LogP contribution in [0.2, 0.25) is 0 Å². The highest BCUT2D eigenvalue weighted by atomic mass is 79.9. The Morgan fingerprint density at radius 2 is 1.95 bits per heavy atom. The van der Waals surface area contributed by atoms with Crippen LogP contribution in [0.15, 0.2) is 57.9 Å². The van der Waals surface area contributed by atoms with Gasteiger partial charge in [-0.15, -0.1) is 11.8 Å². The molecule has 0 bridgehead atoms. The summed E-state index contributed by atoms with van der Waals surface area (Å²) < 4.78 is 0.871. The molecule has 1 aliphatic rings. The van der Waals surface area contributed by atoms with Crippen LogP contribution in [0.1, 0.15) is 22.5 Å². The van der Waals surface area contributed by atoms with Crippen LogP contribution >= 0.6 is 27.7 Å². The molecular weight excluding hydrogens is 354 g/mol. The summed E-state index contributed by atoms with van der Waals surface area (Å²) in [5.41, 5.74) is 1.47. The zero-order valence-corrected chi connectivity index (χ0v) is 13.3. The van der Waals surface area contributed by atoms with Crippen LogP contribution in [-0.4, -0.2) is 16.1 Å². The summed E-state index contributed by atoms with van der Waals surface area (Å²) >= 11 is 4.83. The van der Waals surface area contributed by atoms with Crippen molar-refractivity contribution >= 4 is 27.7 Å². The van der Waals surface area contributed by atoms with E-state index >= 15 is 0 Å². The van der Waals surface area contributed by atoms with E-state index in [4.69, 9.17) is 0 Å². The van der Waals surface area contributed by atoms with Gasteiger partial charge in [-0.05, 0) is 23.8 Å². The van der Waals surface area contributed by atoms with E-state index in [0.29, 0.717) is 5.56 Å². The van der Waals surface area contributed by atoms with Crippen molar-refractivity contribution in [2.45, 2.75) is 22.3 Å². The first kappa shape index (κ1) is 14.6. The second-order valence-electron chi connectivity index (χ2n) is 4.85. The highest BCUT2D eigenvalue weighted by Gasteiger charge is 2.45. The number of aliphatic hydroxyl groups is 1. The second kappa shape index (κ2) is 5.79. The molecule has 0 aromatic heterocycles. The molecule has 0 fully saturated rings. The number of nitrogens with zero attached hydrogens (tertiary/aromatic N) is 1. The fourth-order valence-corrected chi connectivity index (χ4v) is 4.41. The van der Waals surface area contributed by atoms with Gasteiger partial charge in [0.05, 0.1) is 0 Å². The zero-order chi connectivity index (χ0) is 15.0. The molecule has 3 rings (SSSR count). The average Bonchev–Trinajstić information content (AvgIpc) is 2.46. The van der Waals surface area contributed by atoms with Crippen molar-refractivity contribution in [3.63, 3.8) is 0 Å². The van der Waals surface area contributed by atoms with Crippen molar-refractivity contribution in [2.75, 3.05) is 0 Å². The van der Waals surface area contributed by atoms with E-state index in [1.54, 1.807) is 12.1 Å². The van der Waals surface area contributed by atoms with Crippen LogP contribution in [0, 0.1) is 10.1 Å². The van der Waals surface area contributed by atoms with E-state index in [9.17, 15) is 15.2 Å². The molecule has 0 saturated heterocycles. The van der Waals surface area contributed by atoms with Crippen molar-refractivity contribution in [2.24, 2.45) is 0 Å². The summed E-state index contributed by atoms with van der Waals surface area (Å²) in [5.74, 6) is 0. The van der Waals surface area contributed by atoms with Gasteiger partial charge in [0.1, 0.15) is 11.4 Å². The van der Waals surface area contributed by atoms with Gasteiger partial charge in [-0.25, -0.2) is 0 Å². The Balaban J connectivity index is 2.09. The molecular formula is C15H12BrNO3S. The molecule has 21 heavy (non-hydrogen) atoms. The lowest BCUT2D eigenvalue weighted by Gasteiger charge is -2.31. The molecule has 1 aliphatic heterocycles. The summed E-state index contributed by atoms with van der Waals surface area (Å²) in [4.78, 5) is 12.0. The maximum Gasteiger partial charge on any atom is 0.258 e. The molecule has 0 unspecified atom stereocenters. The molecule has 2 aromatic rings. The number of aliphatic hydroxyl groups excluding tert-OH is 1. The topological polar surface area (TPSA) is 63.4 Å². The largest absolute Gasteiger partial charge is 0.381 e. The third-order valence-corrected chi connectivity index (χ3v) is 5.47. The molecule has 108 valence electrons. The first-order valence-corrected chi connectivity index (χ1v) is 8.08. The lowest BCUT2D eigenvalue weighted by molar-refractivity contribution is -0.536. The van der Waals surface area contributed by atoms with Crippen LogP contribution < -0.4 is 0 Å². The summed E-state index contributed by atoms with van der Waals surface area (Å²) in [5, 5.41) is 21.5. The van der Waals surface area contributed by atoms with Crippen LogP contribution in [0.4, 0.5) is 0 Å². The predicted molar refractivity (Wildman–Crippen MR) is 84.9 cm³/mol. The van der Waals surface area contributed by atoms with Gasteiger partial charge in [0, 0.05) is 19.9 Å². The Hall–Kier alpha value is -1.37. The highest BCUT2D eigenvalue weighted by Crippen LogP contribution is 2.50. The van der Waals surface area contributed by atoms with Gasteiger partial charge in [0.2, 0.25) is 0 Å². The van der Waals surface area contributed by atoms with Gasteiger partial charge in [-0.2, -0.15) is 0 Å². The zero-order valence-electron chi connectivity index (χ0n) is 10.8. The number of halogens is 1. The minimum Gasteiger partial charge on any atom is -0.381 e. The molecule has 1 heterocycles. The summed E-state index contributed by atoms with van der Waals surface area (Å²) in [7, 11) is 0. The molecule has 3 atom stereocenters. The fourth-order valence-electron chi connectivity index (χ4n) is 2.56. The van der Waals surface area contributed by atoms with Gasteiger partial charge < -0.3 is 5.11 Å². The summed E-state index contributed by atoms with van der Waals surface area (Å²) in [6, 6.07) is 13.7. The van der Waals surface area contributed by atoms with Gasteiger partial charge in [0.25, 0.3) is 6.04 Å². The molecule has 0 radical (unpaired) electrons. The summed E-state index contributed by atoms with van der Waals surface area (Å²) in [6.07, 6.45) is -1.10. The Labute approximate surface area is 134 Å². The van der Waals surface area contributed by atoms with Crippen LogP contribution in [0.25, 0.3) is 0 Å². The Kier molecular flexibility index (Phi) is 4.01. The fraction of sp³-hybridized carbons (Fsp3) is 0.200. The molecule has 0 saturated carbocycles. The number of thioether (sulfide) groups is 1. The van der Waals surface area contributed by atoms with E-state index in [2.05, 4.69) is 15.9 Å². The standard InChI is InChI=1S/C15H12BrNO3S/c16-10-5-3-4-9(8-10)15-13(17(19)20)14(18)11-6-1-2-7-12(11)21-15/h1-8,13-15,18H/t13-,14+,15+/m0/s1. The maximum absolute atomic E-state index is 11.5. The number of hydrogen-bond acceptors (Lipinski definition) is 4. The number of fused-ring (bicyclic) bond motifs is 1. The summed E-state index contributed by atoms with van der Waals surface area (Å²) in [6.45, 7) is 0. The van der Waals surface area contributed by atoms with Crippen LogP contribution in [0.3, 0.4) is 0 Å². The Morgan fingerprint density at radius 3 is 2.67 bits per heavy atom. The molecule has 2 aromatic carbocycles. The Bertz CT molecular complexity index is 694. The minimum absolute atomic E-state index is 0.376. The smallest absolute Gasteiger partial charge is 0.258 e. The van der Waals surface area contributed by atoms with E-state index in [0.717, 1.165) is 14.9 Å². The third kappa shape index (κ3) is 2.71. The van der Waals surface area contributed by atoms with Gasteiger partial charge in [-0.1, -0.05) is 46.3 Å². The monoisotopic (exact) mass is 365 g/mol. The van der Waals surface area contributed by atoms with E-state index in [-0.39, 0.29) is 4.92 Å². The van der Waals surface area contributed by atoms with Crippen molar-refractivity contribution in [3.8, 4) is 0 Å². The first-order valence-electron chi connectivity index (χ1n) is 6.40. The molecule has 0 spiro atoms. The van der Waals surface area contributed by atoms with Gasteiger partial charge in [0.15, 0.2) is 0 Å². The Morgan fingerprint density at radius 1 is 1.19 bits per heavy atom. The van der Waals surface area contributed by atoms with Crippen molar-refractivity contribution in [1.29, 1.82) is 0 Å². The van der Waals surface area contributed by atoms with Crippen molar-refractivity contribution in [1.82, 2.24) is 0 Å². The lowest BCUT2D eigenvalue weighted by Crippen LogP contribution is -2.35. The maximum atomic E-state index is 11.5. The van der Waals surface area contributed by atoms with E-state index in [1.807, 2.05) is 36.4 Å². The van der Waals surface area contributed by atoms with Crippen molar-refractivity contribution in [3.05, 3.63) is 74.2 Å². The van der Waals surface area contributed by atoms with Crippen LogP contribution in [-0.2, 0) is 0 Å². The molecule has 0 amide bonds. The SMILES string of the molecule is O=[N+]([O-])[C@H]1[C@H](O)c2ccccc2S[C@@H]1c1cccc(Br)c1. The third-order valence-electron chi connectivity index (χ3n) is 3.55. The quantitative estimate of drug-likeness (QED) is 0.645. The van der Waals surface area contributed by atoms with Crippen LogP contribution in [0.5, 0.6) is 0 Å². The van der Waals surface area contributed by atoms with E-state index < -0.39 is 17.4 Å². The second-order valence-corrected chi connectivity index (χ2v) is 6.95. The molecule has 6 heteroatoms. The molecule has 1 N–H and O–H groups in total. The highest BCUT2D eigenvalue weighted by molar-refractivity contribution is 9.10. The number of nitro groups is 1. The normalized spacial score (nSPS) is 24.4. The number of hydrogen-bond donors (Lipinski definition) is 1. The van der Waals surface area contributed by atoms with E-state index in [1.165, 1.54) is 11.8 Å². The molecule has 0 aliphatic carbocycles. The first-order chi connectivity index (χ1) is 10.1.